The number of guanidine groups is 1. The van der Waals surface area contributed by atoms with E-state index in [0.29, 0.717) is 11.9 Å². The number of amides is 1. The van der Waals surface area contributed by atoms with E-state index in [4.69, 9.17) is 4.74 Å². The van der Waals surface area contributed by atoms with Gasteiger partial charge in [-0.15, -0.1) is 24.0 Å². The van der Waals surface area contributed by atoms with Crippen LogP contribution in [0.2, 0.25) is 0 Å². The van der Waals surface area contributed by atoms with Gasteiger partial charge < -0.3 is 20.3 Å². The third kappa shape index (κ3) is 7.13. The van der Waals surface area contributed by atoms with E-state index >= 15 is 0 Å². The average molecular weight is 514 g/mol. The molecular formula is C22H35IN4O2. The summed E-state index contributed by atoms with van der Waals surface area (Å²) in [7, 11) is 3.51. The number of ether oxygens (including phenoxy) is 1. The zero-order valence-corrected chi connectivity index (χ0v) is 20.2. The van der Waals surface area contributed by atoms with E-state index in [2.05, 4.69) is 40.7 Å². The molecule has 1 heterocycles. The van der Waals surface area contributed by atoms with Gasteiger partial charge in [0.15, 0.2) is 5.96 Å². The predicted octanol–water partition coefficient (Wildman–Crippen LogP) is 2.90. The van der Waals surface area contributed by atoms with Gasteiger partial charge in [-0.1, -0.05) is 18.2 Å². The van der Waals surface area contributed by atoms with E-state index in [1.807, 2.05) is 0 Å². The molecule has 1 aliphatic heterocycles. The SMILES string of the molecule is CC(NC(=NCC(=O)N(C)C)NCC1CCOC1)c1ccc2c(c1)CCCC2.I. The first-order chi connectivity index (χ1) is 13.5. The zero-order chi connectivity index (χ0) is 19.9. The van der Waals surface area contributed by atoms with Crippen LogP contribution in [0.15, 0.2) is 23.2 Å². The highest BCUT2D eigenvalue weighted by molar-refractivity contribution is 14.0. The van der Waals surface area contributed by atoms with Crippen molar-refractivity contribution in [3.8, 4) is 0 Å². The lowest BCUT2D eigenvalue weighted by atomic mass is 9.89. The molecule has 1 saturated heterocycles. The molecule has 2 unspecified atom stereocenters. The second-order valence-corrected chi connectivity index (χ2v) is 8.16. The number of carbonyl (C=O) groups excluding carboxylic acids is 1. The summed E-state index contributed by atoms with van der Waals surface area (Å²) in [6.45, 7) is 4.71. The number of hydrogen-bond acceptors (Lipinski definition) is 3. The normalized spacial score (nSPS) is 19.7. The second-order valence-electron chi connectivity index (χ2n) is 8.16. The standard InChI is InChI=1S/C22H34N4O2.HI/c1-16(19-9-8-18-6-4-5-7-20(18)12-19)25-22(24-14-21(27)26(2)3)23-13-17-10-11-28-15-17;/h8-9,12,16-17H,4-7,10-11,13-15H2,1-3H3,(H2,23,24,25);1H. The van der Waals surface area contributed by atoms with Crippen LogP contribution in [-0.4, -0.2) is 57.2 Å². The number of carbonyl (C=O) groups is 1. The van der Waals surface area contributed by atoms with E-state index in [1.54, 1.807) is 19.0 Å². The first-order valence-electron chi connectivity index (χ1n) is 10.5. The molecule has 0 bridgehead atoms. The number of likely N-dealkylation sites (N-methyl/N-ethyl adjacent to an activating group) is 1. The van der Waals surface area contributed by atoms with Crippen LogP contribution >= 0.6 is 24.0 Å². The van der Waals surface area contributed by atoms with Crippen LogP contribution in [-0.2, 0) is 22.4 Å². The van der Waals surface area contributed by atoms with Crippen molar-refractivity contribution in [1.82, 2.24) is 15.5 Å². The van der Waals surface area contributed by atoms with Gasteiger partial charge in [0.1, 0.15) is 6.54 Å². The molecule has 1 aliphatic carbocycles. The van der Waals surface area contributed by atoms with Crippen LogP contribution in [0.1, 0.15) is 48.9 Å². The number of halogens is 1. The second kappa shape index (κ2) is 11.7. The highest BCUT2D eigenvalue weighted by Gasteiger charge is 2.18. The summed E-state index contributed by atoms with van der Waals surface area (Å²) >= 11 is 0. The van der Waals surface area contributed by atoms with Crippen LogP contribution in [0, 0.1) is 5.92 Å². The molecule has 0 spiro atoms. The molecule has 2 aliphatic rings. The lowest BCUT2D eigenvalue weighted by Crippen LogP contribution is -2.42. The Labute approximate surface area is 191 Å². The molecule has 1 amide bonds. The van der Waals surface area contributed by atoms with Crippen LogP contribution in [0.3, 0.4) is 0 Å². The Bertz CT molecular complexity index is 702. The minimum Gasteiger partial charge on any atom is -0.381 e. The minimum absolute atomic E-state index is 0. The topological polar surface area (TPSA) is 66.0 Å². The highest BCUT2D eigenvalue weighted by Crippen LogP contribution is 2.24. The number of nitrogens with one attached hydrogen (secondary N) is 2. The van der Waals surface area contributed by atoms with E-state index in [-0.39, 0.29) is 42.5 Å². The fraction of sp³-hybridized carbons (Fsp3) is 0.636. The molecule has 0 aromatic heterocycles. The van der Waals surface area contributed by atoms with Crippen LogP contribution in [0.25, 0.3) is 0 Å². The quantitative estimate of drug-likeness (QED) is 0.348. The molecule has 3 rings (SSSR count). The van der Waals surface area contributed by atoms with Crippen molar-refractivity contribution >= 4 is 35.8 Å². The Hall–Kier alpha value is -1.35. The minimum atomic E-state index is -0.00765. The predicted molar refractivity (Wildman–Crippen MR) is 128 cm³/mol. The summed E-state index contributed by atoms with van der Waals surface area (Å²) < 4.78 is 5.46. The van der Waals surface area contributed by atoms with Crippen LogP contribution in [0.4, 0.5) is 0 Å². The van der Waals surface area contributed by atoms with Crippen molar-refractivity contribution in [3.05, 3.63) is 34.9 Å². The largest absolute Gasteiger partial charge is 0.381 e. The van der Waals surface area contributed by atoms with E-state index in [9.17, 15) is 4.79 Å². The van der Waals surface area contributed by atoms with Gasteiger partial charge in [-0.05, 0) is 55.7 Å². The molecule has 2 atom stereocenters. The molecule has 1 aromatic rings. The molecule has 162 valence electrons. The van der Waals surface area contributed by atoms with Gasteiger partial charge in [0.2, 0.25) is 5.91 Å². The maximum absolute atomic E-state index is 12.0. The van der Waals surface area contributed by atoms with Crippen molar-refractivity contribution in [2.45, 2.75) is 45.1 Å². The number of rotatable bonds is 6. The summed E-state index contributed by atoms with van der Waals surface area (Å²) in [6.07, 6.45) is 6.02. The number of benzene rings is 1. The van der Waals surface area contributed by atoms with Crippen molar-refractivity contribution in [3.63, 3.8) is 0 Å². The third-order valence-corrected chi connectivity index (χ3v) is 5.68. The van der Waals surface area contributed by atoms with Gasteiger partial charge >= 0.3 is 0 Å². The van der Waals surface area contributed by atoms with Crippen molar-refractivity contribution in [2.75, 3.05) is 40.4 Å². The van der Waals surface area contributed by atoms with Gasteiger partial charge in [-0.3, -0.25) is 4.79 Å². The summed E-state index contributed by atoms with van der Waals surface area (Å²) in [4.78, 5) is 18.1. The van der Waals surface area contributed by atoms with E-state index in [1.165, 1.54) is 42.4 Å². The smallest absolute Gasteiger partial charge is 0.243 e. The van der Waals surface area contributed by atoms with Gasteiger partial charge in [0, 0.05) is 33.2 Å². The summed E-state index contributed by atoms with van der Waals surface area (Å²) in [5, 5.41) is 6.89. The molecule has 0 saturated carbocycles. The lowest BCUT2D eigenvalue weighted by molar-refractivity contribution is -0.127. The summed E-state index contributed by atoms with van der Waals surface area (Å²) in [6, 6.07) is 6.94. The van der Waals surface area contributed by atoms with E-state index < -0.39 is 0 Å². The maximum atomic E-state index is 12.0. The molecule has 29 heavy (non-hydrogen) atoms. The third-order valence-electron chi connectivity index (χ3n) is 5.68. The average Bonchev–Trinajstić information content (AvgIpc) is 3.22. The number of hydrogen-bond donors (Lipinski definition) is 2. The number of fused-ring (bicyclic) bond motifs is 1. The first kappa shape index (κ1) is 23.9. The number of aliphatic imine (C=N–C) groups is 1. The lowest BCUT2D eigenvalue weighted by Gasteiger charge is -2.22. The summed E-state index contributed by atoms with van der Waals surface area (Å²) in [5.41, 5.74) is 4.24. The van der Waals surface area contributed by atoms with Gasteiger partial charge in [-0.25, -0.2) is 4.99 Å². The summed E-state index contributed by atoms with van der Waals surface area (Å²) in [5.74, 6) is 1.18. The maximum Gasteiger partial charge on any atom is 0.243 e. The Morgan fingerprint density at radius 1 is 1.28 bits per heavy atom. The van der Waals surface area contributed by atoms with Crippen molar-refractivity contribution in [2.24, 2.45) is 10.9 Å². The zero-order valence-electron chi connectivity index (χ0n) is 17.9. The Morgan fingerprint density at radius 3 is 2.72 bits per heavy atom. The number of aryl methyl sites for hydroxylation is 2. The van der Waals surface area contributed by atoms with Gasteiger partial charge in [0.05, 0.1) is 12.6 Å². The molecule has 0 radical (unpaired) electrons. The molecule has 1 aromatic carbocycles. The van der Waals surface area contributed by atoms with Gasteiger partial charge in [-0.2, -0.15) is 0 Å². The first-order valence-corrected chi connectivity index (χ1v) is 10.5. The fourth-order valence-corrected chi connectivity index (χ4v) is 3.74. The fourth-order valence-electron chi connectivity index (χ4n) is 3.74. The van der Waals surface area contributed by atoms with Gasteiger partial charge in [0.25, 0.3) is 0 Å². The molecule has 6 nitrogen and oxygen atoms in total. The Morgan fingerprint density at radius 2 is 2.03 bits per heavy atom. The number of nitrogens with zero attached hydrogens (tertiary/aromatic N) is 2. The van der Waals surface area contributed by atoms with Crippen molar-refractivity contribution < 1.29 is 9.53 Å². The molecule has 7 heteroatoms. The van der Waals surface area contributed by atoms with Crippen molar-refractivity contribution in [1.29, 1.82) is 0 Å². The molecule has 1 fully saturated rings. The highest BCUT2D eigenvalue weighted by atomic mass is 127. The Balaban J connectivity index is 0.00000300. The molecule has 2 N–H and O–H groups in total. The Kier molecular flexibility index (Phi) is 9.68. The monoisotopic (exact) mass is 514 g/mol. The van der Waals surface area contributed by atoms with Crippen LogP contribution in [0.5, 0.6) is 0 Å². The van der Waals surface area contributed by atoms with Crippen LogP contribution < -0.4 is 10.6 Å². The van der Waals surface area contributed by atoms with E-state index in [0.717, 1.165) is 26.2 Å². The molecular weight excluding hydrogens is 479 g/mol.